The predicted octanol–water partition coefficient (Wildman–Crippen LogP) is 1.91. The average molecular weight is 235 g/mol. The van der Waals surface area contributed by atoms with Crippen molar-refractivity contribution in [3.8, 4) is 0 Å². The summed E-state index contributed by atoms with van der Waals surface area (Å²) in [7, 11) is 1.90. The quantitative estimate of drug-likeness (QED) is 0.879. The first-order valence-corrected chi connectivity index (χ1v) is 5.30. The minimum Gasteiger partial charge on any atom is -0.367 e. The number of aromatic nitrogens is 1. The molecule has 2 aromatic rings. The van der Waals surface area contributed by atoms with E-state index in [0.29, 0.717) is 13.1 Å². The third kappa shape index (κ3) is 2.82. The number of hydrogen-bond donors (Lipinski definition) is 1. The van der Waals surface area contributed by atoms with Crippen molar-refractivity contribution in [1.29, 1.82) is 0 Å². The molecule has 0 atom stereocenters. The molecule has 0 amide bonds. The minimum absolute atomic E-state index is 0.243. The number of halogens is 1. The van der Waals surface area contributed by atoms with Crippen LogP contribution in [0.3, 0.4) is 0 Å². The number of anilines is 1. The molecule has 0 bridgehead atoms. The van der Waals surface area contributed by atoms with Crippen LogP contribution in [0, 0.1) is 5.82 Å². The molecule has 0 aliphatic carbocycles. The van der Waals surface area contributed by atoms with Gasteiger partial charge in [0.15, 0.2) is 5.76 Å². The summed E-state index contributed by atoms with van der Waals surface area (Å²) < 4.78 is 17.9. The molecule has 2 rings (SSSR count). The Balaban J connectivity index is 2.05. The molecule has 2 N–H and O–H groups in total. The molecule has 0 spiro atoms. The van der Waals surface area contributed by atoms with E-state index in [1.807, 2.05) is 18.0 Å². The van der Waals surface area contributed by atoms with Crippen LogP contribution in [-0.2, 0) is 13.1 Å². The Bertz CT molecular complexity index is 481. The summed E-state index contributed by atoms with van der Waals surface area (Å²) in [4.78, 5) is 1.94. The smallest absolute Gasteiger partial charge is 0.156 e. The van der Waals surface area contributed by atoms with Gasteiger partial charge < -0.3 is 15.2 Å². The number of hydrogen-bond acceptors (Lipinski definition) is 4. The van der Waals surface area contributed by atoms with E-state index < -0.39 is 0 Å². The van der Waals surface area contributed by atoms with Gasteiger partial charge >= 0.3 is 0 Å². The van der Waals surface area contributed by atoms with Crippen LogP contribution in [0.25, 0.3) is 0 Å². The summed E-state index contributed by atoms with van der Waals surface area (Å²) in [6.45, 7) is 0.933. The van der Waals surface area contributed by atoms with E-state index in [4.69, 9.17) is 10.3 Å². The lowest BCUT2D eigenvalue weighted by molar-refractivity contribution is 0.377. The summed E-state index contributed by atoms with van der Waals surface area (Å²) in [5, 5.41) is 3.81. The van der Waals surface area contributed by atoms with Gasteiger partial charge in [-0.1, -0.05) is 5.16 Å². The topological polar surface area (TPSA) is 55.3 Å². The fraction of sp³-hybridized carbons (Fsp3) is 0.250. The molecule has 1 aromatic heterocycles. The Morgan fingerprint density at radius 2 is 2.06 bits per heavy atom. The van der Waals surface area contributed by atoms with E-state index >= 15 is 0 Å². The van der Waals surface area contributed by atoms with E-state index in [0.717, 1.165) is 17.1 Å². The number of benzene rings is 1. The van der Waals surface area contributed by atoms with Crippen molar-refractivity contribution in [2.75, 3.05) is 11.9 Å². The largest absolute Gasteiger partial charge is 0.367 e. The maximum absolute atomic E-state index is 12.8. The molecule has 0 saturated heterocycles. The number of rotatable bonds is 4. The van der Waals surface area contributed by atoms with Gasteiger partial charge in [-0.05, 0) is 24.3 Å². The summed E-state index contributed by atoms with van der Waals surface area (Å²) in [5.74, 6) is 0.490. The first kappa shape index (κ1) is 11.6. The Morgan fingerprint density at radius 1 is 1.35 bits per heavy atom. The average Bonchev–Trinajstić information content (AvgIpc) is 2.77. The zero-order valence-electron chi connectivity index (χ0n) is 9.56. The zero-order chi connectivity index (χ0) is 12.3. The van der Waals surface area contributed by atoms with E-state index in [1.165, 1.54) is 12.1 Å². The summed E-state index contributed by atoms with van der Waals surface area (Å²) >= 11 is 0. The van der Waals surface area contributed by atoms with Crippen molar-refractivity contribution in [3.63, 3.8) is 0 Å². The lowest BCUT2D eigenvalue weighted by atomic mass is 10.2. The Labute approximate surface area is 98.8 Å². The van der Waals surface area contributed by atoms with Gasteiger partial charge in [-0.25, -0.2) is 4.39 Å². The molecule has 0 fully saturated rings. The zero-order valence-corrected chi connectivity index (χ0v) is 9.56. The molecule has 0 aliphatic rings. The van der Waals surface area contributed by atoms with Gasteiger partial charge in [0.2, 0.25) is 0 Å². The first-order chi connectivity index (χ1) is 8.19. The second kappa shape index (κ2) is 4.97. The van der Waals surface area contributed by atoms with Crippen LogP contribution in [0.5, 0.6) is 0 Å². The monoisotopic (exact) mass is 235 g/mol. The first-order valence-electron chi connectivity index (χ1n) is 5.30. The van der Waals surface area contributed by atoms with Crippen LogP contribution in [0.1, 0.15) is 11.5 Å². The van der Waals surface area contributed by atoms with Gasteiger partial charge in [-0.15, -0.1) is 0 Å². The Morgan fingerprint density at radius 3 is 2.65 bits per heavy atom. The van der Waals surface area contributed by atoms with Gasteiger partial charge in [0, 0.05) is 25.3 Å². The maximum atomic E-state index is 12.8. The normalized spacial score (nSPS) is 10.5. The molecule has 90 valence electrons. The maximum Gasteiger partial charge on any atom is 0.156 e. The van der Waals surface area contributed by atoms with Crippen LogP contribution in [0.15, 0.2) is 34.9 Å². The lowest BCUT2D eigenvalue weighted by Gasteiger charge is -2.17. The van der Waals surface area contributed by atoms with E-state index in [9.17, 15) is 4.39 Å². The summed E-state index contributed by atoms with van der Waals surface area (Å²) in [5.41, 5.74) is 7.09. The highest BCUT2D eigenvalue weighted by atomic mass is 19.1. The fourth-order valence-electron chi connectivity index (χ4n) is 1.55. The second-order valence-electron chi connectivity index (χ2n) is 3.82. The Kier molecular flexibility index (Phi) is 3.39. The lowest BCUT2D eigenvalue weighted by Crippen LogP contribution is -2.15. The fourth-order valence-corrected chi connectivity index (χ4v) is 1.55. The highest BCUT2D eigenvalue weighted by Crippen LogP contribution is 2.16. The molecule has 0 saturated carbocycles. The van der Waals surface area contributed by atoms with Crippen molar-refractivity contribution < 1.29 is 8.91 Å². The number of nitrogens with two attached hydrogens (primary N) is 1. The highest BCUT2D eigenvalue weighted by Gasteiger charge is 2.07. The Hall–Kier alpha value is -1.88. The highest BCUT2D eigenvalue weighted by molar-refractivity contribution is 5.45. The standard InChI is InChI=1S/C12H14FN3O/c1-16(11-4-2-9(13)3-5-11)8-12-6-10(7-14)15-17-12/h2-6H,7-8,14H2,1H3. The molecule has 17 heavy (non-hydrogen) atoms. The van der Waals surface area contributed by atoms with Crippen LogP contribution >= 0.6 is 0 Å². The SMILES string of the molecule is CN(Cc1cc(CN)no1)c1ccc(F)cc1. The number of nitrogens with zero attached hydrogens (tertiary/aromatic N) is 2. The van der Waals surface area contributed by atoms with Crippen molar-refractivity contribution in [3.05, 3.63) is 47.6 Å². The summed E-state index contributed by atoms with van der Waals surface area (Å²) in [6.07, 6.45) is 0. The molecular weight excluding hydrogens is 221 g/mol. The van der Waals surface area contributed by atoms with Crippen molar-refractivity contribution >= 4 is 5.69 Å². The van der Waals surface area contributed by atoms with Crippen LogP contribution < -0.4 is 10.6 Å². The van der Waals surface area contributed by atoms with Gasteiger partial charge in [-0.3, -0.25) is 0 Å². The van der Waals surface area contributed by atoms with Gasteiger partial charge in [0.1, 0.15) is 5.82 Å². The third-order valence-electron chi connectivity index (χ3n) is 2.48. The van der Waals surface area contributed by atoms with Gasteiger partial charge in [0.05, 0.1) is 12.2 Å². The van der Waals surface area contributed by atoms with E-state index in [-0.39, 0.29) is 5.82 Å². The molecular formula is C12H14FN3O. The van der Waals surface area contributed by atoms with Crippen molar-refractivity contribution in [2.24, 2.45) is 5.73 Å². The van der Waals surface area contributed by atoms with Crippen LogP contribution in [0.2, 0.25) is 0 Å². The molecule has 1 heterocycles. The van der Waals surface area contributed by atoms with E-state index in [1.54, 1.807) is 12.1 Å². The minimum atomic E-state index is -0.243. The molecule has 4 nitrogen and oxygen atoms in total. The van der Waals surface area contributed by atoms with Crippen LogP contribution in [0.4, 0.5) is 10.1 Å². The molecule has 5 heteroatoms. The predicted molar refractivity (Wildman–Crippen MR) is 62.9 cm³/mol. The van der Waals surface area contributed by atoms with Crippen molar-refractivity contribution in [1.82, 2.24) is 5.16 Å². The molecule has 0 unspecified atom stereocenters. The molecule has 0 aliphatic heterocycles. The van der Waals surface area contributed by atoms with Crippen LogP contribution in [-0.4, -0.2) is 12.2 Å². The molecule has 0 radical (unpaired) electrons. The third-order valence-corrected chi connectivity index (χ3v) is 2.48. The van der Waals surface area contributed by atoms with Gasteiger partial charge in [0.25, 0.3) is 0 Å². The van der Waals surface area contributed by atoms with E-state index in [2.05, 4.69) is 5.16 Å². The summed E-state index contributed by atoms with van der Waals surface area (Å²) in [6, 6.07) is 8.11. The second-order valence-corrected chi connectivity index (χ2v) is 3.82. The molecule has 1 aromatic carbocycles. The van der Waals surface area contributed by atoms with Gasteiger partial charge in [-0.2, -0.15) is 0 Å². The van der Waals surface area contributed by atoms with Crippen molar-refractivity contribution in [2.45, 2.75) is 13.1 Å².